The smallest absolute Gasteiger partial charge is 0.0774 e. The van der Waals surface area contributed by atoms with E-state index in [1.165, 1.54) is 58.5 Å². The third-order valence-electron chi connectivity index (χ3n) is 5.29. The van der Waals surface area contributed by atoms with E-state index in [0.29, 0.717) is 0 Å². The lowest BCUT2D eigenvalue weighted by Gasteiger charge is -2.50. The van der Waals surface area contributed by atoms with E-state index >= 15 is 0 Å². The fourth-order valence-electron chi connectivity index (χ4n) is 3.87. The summed E-state index contributed by atoms with van der Waals surface area (Å²) in [6, 6.07) is 0.751. The summed E-state index contributed by atoms with van der Waals surface area (Å²) in [4.78, 5) is 7.52. The van der Waals surface area contributed by atoms with Crippen LogP contribution in [0.2, 0.25) is 0 Å². The van der Waals surface area contributed by atoms with Gasteiger partial charge in [-0.15, -0.1) is 0 Å². The minimum Gasteiger partial charge on any atom is -0.389 e. The van der Waals surface area contributed by atoms with Crippen molar-refractivity contribution in [1.29, 1.82) is 0 Å². The average Bonchev–Trinajstić information content (AvgIpc) is 2.36. The second-order valence-corrected chi connectivity index (χ2v) is 6.97. The summed E-state index contributed by atoms with van der Waals surface area (Å²) in [6.45, 7) is 8.12. The fraction of sp³-hybridized carbons (Fsp3) is 1.00. The van der Waals surface area contributed by atoms with Crippen molar-refractivity contribution in [2.75, 3.05) is 52.9 Å². The van der Waals surface area contributed by atoms with Crippen LogP contribution in [0.4, 0.5) is 0 Å². The summed E-state index contributed by atoms with van der Waals surface area (Å²) in [5.41, 5.74) is -0.370. The summed E-state index contributed by atoms with van der Waals surface area (Å²) in [5, 5.41) is 10.6. The zero-order valence-corrected chi connectivity index (χ0v) is 12.4. The van der Waals surface area contributed by atoms with Crippen molar-refractivity contribution >= 4 is 0 Å². The van der Waals surface area contributed by atoms with Gasteiger partial charge in [0.05, 0.1) is 5.60 Å². The molecule has 3 aliphatic rings. The fourth-order valence-corrected chi connectivity index (χ4v) is 3.87. The molecule has 4 heteroatoms. The van der Waals surface area contributed by atoms with Gasteiger partial charge in [-0.05, 0) is 19.9 Å². The summed E-state index contributed by atoms with van der Waals surface area (Å²) >= 11 is 0. The van der Waals surface area contributed by atoms with Gasteiger partial charge in [0.2, 0.25) is 0 Å². The number of likely N-dealkylation sites (tertiary alicyclic amines) is 1. The van der Waals surface area contributed by atoms with Gasteiger partial charge in [-0.25, -0.2) is 0 Å². The van der Waals surface area contributed by atoms with E-state index in [1.54, 1.807) is 0 Å². The molecule has 0 aromatic heterocycles. The molecule has 19 heavy (non-hydrogen) atoms. The third-order valence-corrected chi connectivity index (χ3v) is 5.29. The molecule has 0 unspecified atom stereocenters. The maximum Gasteiger partial charge on any atom is 0.0774 e. The minimum absolute atomic E-state index is 0.370. The molecule has 0 atom stereocenters. The lowest BCUT2D eigenvalue weighted by atomic mass is 9.83. The van der Waals surface area contributed by atoms with Gasteiger partial charge in [-0.3, -0.25) is 9.80 Å². The van der Waals surface area contributed by atoms with Gasteiger partial charge in [-0.2, -0.15) is 0 Å². The molecule has 0 amide bonds. The number of aliphatic hydroxyl groups is 1. The molecule has 0 spiro atoms. The Morgan fingerprint density at radius 3 is 2.26 bits per heavy atom. The summed E-state index contributed by atoms with van der Waals surface area (Å²) in [7, 11) is 2.21. The van der Waals surface area contributed by atoms with Crippen molar-refractivity contribution in [3.05, 3.63) is 0 Å². The molecule has 110 valence electrons. The maximum atomic E-state index is 10.6. The topological polar surface area (TPSA) is 30.0 Å². The van der Waals surface area contributed by atoms with Gasteiger partial charge in [0.1, 0.15) is 0 Å². The van der Waals surface area contributed by atoms with Gasteiger partial charge >= 0.3 is 0 Å². The highest BCUT2D eigenvalue weighted by molar-refractivity contribution is 4.94. The van der Waals surface area contributed by atoms with Crippen LogP contribution in [0.15, 0.2) is 0 Å². The quantitative estimate of drug-likeness (QED) is 0.812. The molecular weight excluding hydrogens is 238 g/mol. The Morgan fingerprint density at radius 2 is 1.63 bits per heavy atom. The Morgan fingerprint density at radius 1 is 1.00 bits per heavy atom. The van der Waals surface area contributed by atoms with Crippen LogP contribution in [0.5, 0.6) is 0 Å². The zero-order chi connectivity index (χ0) is 13.3. The summed E-state index contributed by atoms with van der Waals surface area (Å²) < 4.78 is 0. The Hall–Kier alpha value is -0.160. The van der Waals surface area contributed by atoms with Crippen LogP contribution in [-0.2, 0) is 0 Å². The highest BCUT2D eigenvalue weighted by atomic mass is 16.3. The third kappa shape index (κ3) is 3.30. The van der Waals surface area contributed by atoms with E-state index < -0.39 is 0 Å². The van der Waals surface area contributed by atoms with Crippen molar-refractivity contribution in [3.8, 4) is 0 Å². The van der Waals surface area contributed by atoms with Crippen LogP contribution >= 0.6 is 0 Å². The summed E-state index contributed by atoms with van der Waals surface area (Å²) in [6.07, 6.45) is 5.77. The van der Waals surface area contributed by atoms with E-state index in [4.69, 9.17) is 0 Å². The van der Waals surface area contributed by atoms with E-state index in [1.807, 2.05) is 0 Å². The molecule has 3 rings (SSSR count). The summed E-state index contributed by atoms with van der Waals surface area (Å²) in [5.74, 6) is 0. The van der Waals surface area contributed by atoms with Crippen molar-refractivity contribution < 1.29 is 5.11 Å². The minimum atomic E-state index is -0.370. The van der Waals surface area contributed by atoms with E-state index in [2.05, 4.69) is 21.7 Å². The SMILES string of the molecule is CN1CCN(C2CN(CC3(O)CCCCC3)C2)CC1. The molecule has 0 aromatic rings. The monoisotopic (exact) mass is 267 g/mol. The second-order valence-electron chi connectivity index (χ2n) is 6.97. The van der Waals surface area contributed by atoms with Crippen LogP contribution < -0.4 is 0 Å². The predicted molar refractivity (Wildman–Crippen MR) is 77.3 cm³/mol. The van der Waals surface area contributed by atoms with Crippen LogP contribution in [-0.4, -0.2) is 84.3 Å². The predicted octanol–water partition coefficient (Wildman–Crippen LogP) is 0.613. The maximum absolute atomic E-state index is 10.6. The molecular formula is C15H29N3O. The molecule has 0 bridgehead atoms. The molecule has 2 saturated heterocycles. The Balaban J connectivity index is 1.40. The number of β-amino-alcohol motifs (C(OH)–C–C–N with tert-alkyl or cyclic N) is 1. The van der Waals surface area contributed by atoms with Gasteiger partial charge in [0, 0.05) is 51.9 Å². The first-order valence-electron chi connectivity index (χ1n) is 8.02. The Bertz CT molecular complexity index is 290. The largest absolute Gasteiger partial charge is 0.389 e. The normalized spacial score (nSPS) is 31.3. The highest BCUT2D eigenvalue weighted by Crippen LogP contribution is 2.30. The van der Waals surface area contributed by atoms with Gasteiger partial charge in [0.15, 0.2) is 0 Å². The van der Waals surface area contributed by atoms with Crippen LogP contribution in [0.25, 0.3) is 0 Å². The molecule has 2 heterocycles. The first-order valence-corrected chi connectivity index (χ1v) is 8.02. The zero-order valence-electron chi connectivity index (χ0n) is 12.4. The van der Waals surface area contributed by atoms with E-state index in [9.17, 15) is 5.11 Å². The highest BCUT2D eigenvalue weighted by Gasteiger charge is 2.38. The second kappa shape index (κ2) is 5.68. The van der Waals surface area contributed by atoms with Crippen LogP contribution in [0.1, 0.15) is 32.1 Å². The standard InChI is InChI=1S/C15H29N3O/c1-16-7-9-18(10-8-16)14-11-17(12-14)13-15(19)5-3-2-4-6-15/h14,19H,2-13H2,1H3. The van der Waals surface area contributed by atoms with Crippen molar-refractivity contribution in [2.45, 2.75) is 43.7 Å². The van der Waals surface area contributed by atoms with E-state index in [-0.39, 0.29) is 5.60 Å². The number of hydrogen-bond acceptors (Lipinski definition) is 4. The molecule has 1 saturated carbocycles. The van der Waals surface area contributed by atoms with E-state index in [0.717, 1.165) is 25.4 Å². The number of hydrogen-bond donors (Lipinski definition) is 1. The van der Waals surface area contributed by atoms with Crippen LogP contribution in [0, 0.1) is 0 Å². The molecule has 2 aliphatic heterocycles. The first-order chi connectivity index (χ1) is 9.15. The Kier molecular flexibility index (Phi) is 4.13. The van der Waals surface area contributed by atoms with Crippen LogP contribution in [0.3, 0.4) is 0 Å². The van der Waals surface area contributed by atoms with Crippen molar-refractivity contribution in [2.24, 2.45) is 0 Å². The lowest BCUT2D eigenvalue weighted by molar-refractivity contribution is -0.0673. The first kappa shape index (κ1) is 13.8. The van der Waals surface area contributed by atoms with Gasteiger partial charge in [-0.1, -0.05) is 19.3 Å². The molecule has 1 N–H and O–H groups in total. The van der Waals surface area contributed by atoms with Crippen molar-refractivity contribution in [3.63, 3.8) is 0 Å². The number of nitrogens with zero attached hydrogens (tertiary/aromatic N) is 3. The molecule has 1 aliphatic carbocycles. The van der Waals surface area contributed by atoms with Gasteiger partial charge < -0.3 is 10.0 Å². The molecule has 0 aromatic carbocycles. The average molecular weight is 267 g/mol. The lowest BCUT2D eigenvalue weighted by Crippen LogP contribution is -2.64. The van der Waals surface area contributed by atoms with Gasteiger partial charge in [0.25, 0.3) is 0 Å². The Labute approximate surface area is 117 Å². The molecule has 0 radical (unpaired) electrons. The molecule has 4 nitrogen and oxygen atoms in total. The number of rotatable bonds is 3. The van der Waals surface area contributed by atoms with Crippen molar-refractivity contribution in [1.82, 2.24) is 14.7 Å². The number of likely N-dealkylation sites (N-methyl/N-ethyl adjacent to an activating group) is 1. The number of piperazine rings is 1. The molecule has 3 fully saturated rings.